The van der Waals surface area contributed by atoms with Crippen molar-refractivity contribution in [2.24, 2.45) is 0 Å². The number of benzene rings is 1. The second-order valence-corrected chi connectivity index (χ2v) is 6.41. The molecule has 1 N–H and O–H groups in total. The van der Waals surface area contributed by atoms with Gasteiger partial charge in [0.15, 0.2) is 0 Å². The van der Waals surface area contributed by atoms with E-state index in [9.17, 15) is 8.60 Å². The highest BCUT2D eigenvalue weighted by Gasteiger charge is 2.29. The molecule has 1 aliphatic rings. The average molecular weight is 269 g/mol. The Labute approximate surface area is 110 Å². The second-order valence-electron chi connectivity index (χ2n) is 4.74. The van der Waals surface area contributed by atoms with Crippen LogP contribution in [0.5, 0.6) is 0 Å². The van der Waals surface area contributed by atoms with Gasteiger partial charge in [0.05, 0.1) is 16.0 Å². The minimum Gasteiger partial charge on any atom is -0.313 e. The van der Waals surface area contributed by atoms with E-state index in [0.717, 1.165) is 30.7 Å². The monoisotopic (exact) mass is 269 g/mol. The van der Waals surface area contributed by atoms with E-state index in [2.05, 4.69) is 12.2 Å². The van der Waals surface area contributed by atoms with Crippen LogP contribution in [-0.4, -0.2) is 22.0 Å². The molecule has 0 heterocycles. The maximum absolute atomic E-state index is 12.9. The molecular formula is C14H20FNOS. The first-order valence-electron chi connectivity index (χ1n) is 6.62. The zero-order chi connectivity index (χ0) is 13.0. The van der Waals surface area contributed by atoms with Crippen LogP contribution < -0.4 is 5.32 Å². The normalized spacial score (nSPS) is 25.9. The van der Waals surface area contributed by atoms with Gasteiger partial charge in [-0.1, -0.05) is 19.8 Å². The topological polar surface area (TPSA) is 29.1 Å². The van der Waals surface area contributed by atoms with Crippen LogP contribution in [0, 0.1) is 5.82 Å². The van der Waals surface area contributed by atoms with Gasteiger partial charge in [-0.2, -0.15) is 0 Å². The van der Waals surface area contributed by atoms with Gasteiger partial charge in [0, 0.05) is 10.9 Å². The Morgan fingerprint density at radius 3 is 2.61 bits per heavy atom. The lowest BCUT2D eigenvalue weighted by Gasteiger charge is -2.31. The van der Waals surface area contributed by atoms with Gasteiger partial charge >= 0.3 is 0 Å². The molecule has 0 aliphatic heterocycles. The predicted octanol–water partition coefficient (Wildman–Crippen LogP) is 2.85. The van der Waals surface area contributed by atoms with Gasteiger partial charge in [-0.3, -0.25) is 4.21 Å². The van der Waals surface area contributed by atoms with Crippen molar-refractivity contribution < 1.29 is 8.60 Å². The van der Waals surface area contributed by atoms with E-state index >= 15 is 0 Å². The number of halogens is 1. The molecule has 0 amide bonds. The lowest BCUT2D eigenvalue weighted by molar-refractivity contribution is 0.385. The molecule has 1 aliphatic carbocycles. The lowest BCUT2D eigenvalue weighted by Crippen LogP contribution is -2.44. The van der Waals surface area contributed by atoms with Crippen molar-refractivity contribution in [2.45, 2.75) is 48.8 Å². The molecule has 1 saturated carbocycles. The van der Waals surface area contributed by atoms with Crippen LogP contribution in [0.3, 0.4) is 0 Å². The van der Waals surface area contributed by atoms with Crippen molar-refractivity contribution in [3.8, 4) is 0 Å². The fourth-order valence-electron chi connectivity index (χ4n) is 2.59. The third kappa shape index (κ3) is 3.18. The number of nitrogens with one attached hydrogen (secondary N) is 1. The molecule has 0 bridgehead atoms. The summed E-state index contributed by atoms with van der Waals surface area (Å²) in [5.74, 6) is -0.275. The second kappa shape index (κ2) is 6.43. The van der Waals surface area contributed by atoms with Gasteiger partial charge in [0.1, 0.15) is 5.82 Å². The summed E-state index contributed by atoms with van der Waals surface area (Å²) in [4.78, 5) is 0.742. The molecule has 3 unspecified atom stereocenters. The molecule has 3 atom stereocenters. The van der Waals surface area contributed by atoms with E-state index in [1.165, 1.54) is 18.6 Å². The van der Waals surface area contributed by atoms with Gasteiger partial charge in [-0.25, -0.2) is 4.39 Å². The van der Waals surface area contributed by atoms with Crippen LogP contribution in [0.25, 0.3) is 0 Å². The summed E-state index contributed by atoms with van der Waals surface area (Å²) < 4.78 is 25.4. The van der Waals surface area contributed by atoms with E-state index in [1.54, 1.807) is 12.1 Å². The Hall–Kier alpha value is -0.740. The minimum absolute atomic E-state index is 0.157. The first kappa shape index (κ1) is 13.7. The van der Waals surface area contributed by atoms with Gasteiger partial charge in [0.25, 0.3) is 0 Å². The highest BCUT2D eigenvalue weighted by molar-refractivity contribution is 7.85. The Kier molecular flexibility index (Phi) is 4.89. The van der Waals surface area contributed by atoms with Crippen molar-refractivity contribution in [2.75, 3.05) is 6.54 Å². The average Bonchev–Trinajstić information content (AvgIpc) is 2.40. The van der Waals surface area contributed by atoms with E-state index in [0.29, 0.717) is 6.04 Å². The van der Waals surface area contributed by atoms with Crippen LogP contribution in [0.2, 0.25) is 0 Å². The Morgan fingerprint density at radius 2 is 1.94 bits per heavy atom. The zero-order valence-corrected chi connectivity index (χ0v) is 11.5. The molecule has 1 aromatic carbocycles. The van der Waals surface area contributed by atoms with Crippen LogP contribution in [0.1, 0.15) is 32.6 Å². The van der Waals surface area contributed by atoms with Crippen LogP contribution in [0.4, 0.5) is 4.39 Å². The molecule has 1 aromatic rings. The first-order valence-corrected chi connectivity index (χ1v) is 7.83. The van der Waals surface area contributed by atoms with E-state index in [-0.39, 0.29) is 11.1 Å². The highest BCUT2D eigenvalue weighted by Crippen LogP contribution is 2.26. The Balaban J connectivity index is 2.12. The van der Waals surface area contributed by atoms with Crippen molar-refractivity contribution in [1.82, 2.24) is 5.32 Å². The molecule has 4 heteroatoms. The van der Waals surface area contributed by atoms with Crippen molar-refractivity contribution in [1.29, 1.82) is 0 Å². The lowest BCUT2D eigenvalue weighted by atomic mass is 9.95. The molecule has 0 saturated heterocycles. The van der Waals surface area contributed by atoms with E-state index in [4.69, 9.17) is 0 Å². The number of hydrogen-bond acceptors (Lipinski definition) is 2. The maximum Gasteiger partial charge on any atom is 0.123 e. The molecule has 2 rings (SSSR count). The Bertz CT molecular complexity index is 405. The smallest absolute Gasteiger partial charge is 0.123 e. The maximum atomic E-state index is 12.9. The molecular weight excluding hydrogens is 249 g/mol. The quantitative estimate of drug-likeness (QED) is 0.910. The summed E-state index contributed by atoms with van der Waals surface area (Å²) in [6.07, 6.45) is 4.42. The predicted molar refractivity (Wildman–Crippen MR) is 72.5 cm³/mol. The Morgan fingerprint density at radius 1 is 1.28 bits per heavy atom. The molecule has 1 fully saturated rings. The van der Waals surface area contributed by atoms with Crippen LogP contribution in [-0.2, 0) is 10.8 Å². The summed E-state index contributed by atoms with van der Waals surface area (Å²) >= 11 is 0. The highest BCUT2D eigenvalue weighted by atomic mass is 32.2. The summed E-state index contributed by atoms with van der Waals surface area (Å²) in [6.45, 7) is 2.98. The van der Waals surface area contributed by atoms with Gasteiger partial charge < -0.3 is 5.32 Å². The molecule has 100 valence electrons. The zero-order valence-electron chi connectivity index (χ0n) is 10.7. The number of rotatable bonds is 4. The van der Waals surface area contributed by atoms with Gasteiger partial charge in [0.2, 0.25) is 0 Å². The van der Waals surface area contributed by atoms with Crippen LogP contribution in [0.15, 0.2) is 29.2 Å². The largest absolute Gasteiger partial charge is 0.313 e. The van der Waals surface area contributed by atoms with Gasteiger partial charge in [-0.15, -0.1) is 0 Å². The van der Waals surface area contributed by atoms with E-state index < -0.39 is 10.8 Å². The fraction of sp³-hybridized carbons (Fsp3) is 0.571. The fourth-order valence-corrected chi connectivity index (χ4v) is 4.26. The molecule has 2 nitrogen and oxygen atoms in total. The molecule has 0 aromatic heterocycles. The summed E-state index contributed by atoms with van der Waals surface area (Å²) in [6, 6.07) is 6.39. The third-order valence-electron chi connectivity index (χ3n) is 3.49. The molecule has 18 heavy (non-hydrogen) atoms. The standard InChI is InChI=1S/C14H20FNOS/c1-2-16-13-5-3-4-6-14(13)18(17)12-9-7-11(15)8-10-12/h7-10,13-14,16H,2-6H2,1H3. The minimum atomic E-state index is -1.04. The van der Waals surface area contributed by atoms with Crippen molar-refractivity contribution >= 4 is 10.8 Å². The summed E-state index contributed by atoms with van der Waals surface area (Å²) in [7, 11) is -1.04. The van der Waals surface area contributed by atoms with Crippen molar-refractivity contribution in [3.05, 3.63) is 30.1 Å². The SMILES string of the molecule is CCNC1CCCCC1S(=O)c1ccc(F)cc1. The van der Waals surface area contributed by atoms with E-state index in [1.807, 2.05) is 0 Å². The number of hydrogen-bond donors (Lipinski definition) is 1. The van der Waals surface area contributed by atoms with Crippen molar-refractivity contribution in [3.63, 3.8) is 0 Å². The third-order valence-corrected chi connectivity index (χ3v) is 5.34. The van der Waals surface area contributed by atoms with Gasteiger partial charge in [-0.05, 0) is 43.7 Å². The summed E-state index contributed by atoms with van der Waals surface area (Å²) in [5, 5.41) is 3.59. The molecule has 0 spiro atoms. The first-order chi connectivity index (χ1) is 8.72. The van der Waals surface area contributed by atoms with Crippen LogP contribution >= 0.6 is 0 Å². The molecule has 0 radical (unpaired) electrons. The summed E-state index contributed by atoms with van der Waals surface area (Å²) in [5.41, 5.74) is 0.